The predicted molar refractivity (Wildman–Crippen MR) is 123 cm³/mol. The van der Waals surface area contributed by atoms with Crippen LogP contribution < -0.4 is 10.6 Å². The molecule has 2 heterocycles. The van der Waals surface area contributed by atoms with Gasteiger partial charge >= 0.3 is 0 Å². The van der Waals surface area contributed by atoms with Gasteiger partial charge in [0.05, 0.1) is 11.4 Å². The first-order valence-corrected chi connectivity index (χ1v) is 12.3. The van der Waals surface area contributed by atoms with E-state index in [4.69, 9.17) is 11.6 Å². The molecule has 1 aromatic heterocycles. The highest BCUT2D eigenvalue weighted by atomic mass is 35.5. The van der Waals surface area contributed by atoms with Gasteiger partial charge in [0.2, 0.25) is 15.9 Å². The maximum Gasteiger partial charge on any atom is 0.257 e. The first-order chi connectivity index (χ1) is 15.3. The number of halogens is 1. The maximum absolute atomic E-state index is 12.7. The summed E-state index contributed by atoms with van der Waals surface area (Å²) in [7, 11) is -3.80. The molecule has 0 aliphatic carbocycles. The van der Waals surface area contributed by atoms with Gasteiger partial charge in [-0.3, -0.25) is 14.9 Å². The molecular weight excluding hydrogens is 472 g/mol. The van der Waals surface area contributed by atoms with Crippen LogP contribution in [0, 0.1) is 0 Å². The van der Waals surface area contributed by atoms with Gasteiger partial charge in [-0.2, -0.15) is 4.31 Å². The van der Waals surface area contributed by atoms with Gasteiger partial charge in [0.1, 0.15) is 0 Å². The second-order valence-corrected chi connectivity index (χ2v) is 10.6. The molecule has 0 bridgehead atoms. The minimum absolute atomic E-state index is 0.0295. The summed E-state index contributed by atoms with van der Waals surface area (Å²) < 4.78 is 26.5. The molecular formula is C21H19ClN4O4S2. The molecule has 1 fully saturated rings. The Bertz CT molecular complexity index is 1260. The van der Waals surface area contributed by atoms with Gasteiger partial charge in [-0.1, -0.05) is 23.7 Å². The van der Waals surface area contributed by atoms with Crippen LogP contribution in [0.1, 0.15) is 20.8 Å². The number of rotatable bonds is 6. The molecule has 8 nitrogen and oxygen atoms in total. The van der Waals surface area contributed by atoms with Crippen LogP contribution in [0.2, 0.25) is 5.02 Å². The van der Waals surface area contributed by atoms with Crippen LogP contribution in [0.4, 0.5) is 5.13 Å². The molecule has 1 saturated heterocycles. The van der Waals surface area contributed by atoms with Crippen LogP contribution in [0.25, 0.3) is 0 Å². The Morgan fingerprint density at radius 1 is 1.22 bits per heavy atom. The second kappa shape index (κ2) is 9.37. The predicted octanol–water partition coefficient (Wildman–Crippen LogP) is 2.76. The van der Waals surface area contributed by atoms with Crippen molar-refractivity contribution in [2.75, 3.05) is 25.0 Å². The van der Waals surface area contributed by atoms with Gasteiger partial charge in [-0.15, -0.1) is 11.3 Å². The third-order valence-corrected chi connectivity index (χ3v) is 7.81. The highest BCUT2D eigenvalue weighted by molar-refractivity contribution is 7.89. The average Bonchev–Trinajstić information content (AvgIpc) is 3.20. The lowest BCUT2D eigenvalue weighted by Crippen LogP contribution is -2.49. The summed E-state index contributed by atoms with van der Waals surface area (Å²) in [5, 5.41) is 6.43. The van der Waals surface area contributed by atoms with Crippen molar-refractivity contribution in [3.8, 4) is 0 Å². The van der Waals surface area contributed by atoms with Crippen molar-refractivity contribution in [1.82, 2.24) is 14.6 Å². The zero-order valence-corrected chi connectivity index (χ0v) is 19.1. The molecule has 1 aliphatic heterocycles. The largest absolute Gasteiger partial charge is 0.354 e. The van der Waals surface area contributed by atoms with Gasteiger partial charge in [-0.05, 0) is 42.0 Å². The first-order valence-electron chi connectivity index (χ1n) is 9.69. The molecule has 32 heavy (non-hydrogen) atoms. The van der Waals surface area contributed by atoms with Gasteiger partial charge in [0.25, 0.3) is 5.91 Å². The first kappa shape index (κ1) is 22.4. The number of carbonyl (C=O) groups is 2. The number of benzene rings is 2. The Morgan fingerprint density at radius 2 is 2.00 bits per heavy atom. The number of hydrogen-bond acceptors (Lipinski definition) is 6. The summed E-state index contributed by atoms with van der Waals surface area (Å²) in [5.74, 6) is -0.732. The molecule has 0 radical (unpaired) electrons. The summed E-state index contributed by atoms with van der Waals surface area (Å²) in [4.78, 5) is 29.3. The number of nitrogens with zero attached hydrogens (tertiary/aromatic N) is 2. The number of aromatic nitrogens is 1. The normalized spacial score (nSPS) is 14.7. The summed E-state index contributed by atoms with van der Waals surface area (Å²) in [6.07, 6.45) is 2.35. The third kappa shape index (κ3) is 5.16. The Morgan fingerprint density at radius 3 is 2.72 bits per heavy atom. The fourth-order valence-electron chi connectivity index (χ4n) is 3.21. The van der Waals surface area contributed by atoms with Crippen molar-refractivity contribution in [3.63, 3.8) is 0 Å². The number of hydrogen-bond donors (Lipinski definition) is 2. The van der Waals surface area contributed by atoms with E-state index in [1.54, 1.807) is 6.20 Å². The summed E-state index contributed by atoms with van der Waals surface area (Å²) in [5.41, 5.74) is 1.34. The maximum atomic E-state index is 12.7. The quantitative estimate of drug-likeness (QED) is 0.552. The Labute approximate surface area is 194 Å². The fraction of sp³-hybridized carbons (Fsp3) is 0.190. The summed E-state index contributed by atoms with van der Waals surface area (Å²) >= 11 is 7.37. The zero-order valence-electron chi connectivity index (χ0n) is 16.7. The van der Waals surface area contributed by atoms with Crippen molar-refractivity contribution in [2.24, 2.45) is 0 Å². The zero-order chi connectivity index (χ0) is 22.7. The lowest BCUT2D eigenvalue weighted by atomic mass is 10.1. The topological polar surface area (TPSA) is 108 Å². The van der Waals surface area contributed by atoms with Crippen LogP contribution in [-0.4, -0.2) is 49.2 Å². The van der Waals surface area contributed by atoms with Gasteiger partial charge in [-0.25, -0.2) is 13.4 Å². The van der Waals surface area contributed by atoms with E-state index in [-0.39, 0.29) is 30.4 Å². The lowest BCUT2D eigenvalue weighted by molar-refractivity contribution is -0.122. The number of anilines is 1. The fourth-order valence-corrected chi connectivity index (χ4v) is 5.66. The molecule has 0 atom stereocenters. The van der Waals surface area contributed by atoms with Crippen LogP contribution in [0.3, 0.4) is 0 Å². The number of piperazine rings is 1. The smallest absolute Gasteiger partial charge is 0.257 e. The molecule has 2 aromatic carbocycles. The van der Waals surface area contributed by atoms with Gasteiger partial charge < -0.3 is 5.32 Å². The number of thiazole rings is 1. The van der Waals surface area contributed by atoms with E-state index in [0.717, 1.165) is 14.7 Å². The monoisotopic (exact) mass is 490 g/mol. The van der Waals surface area contributed by atoms with Crippen molar-refractivity contribution in [3.05, 3.63) is 75.8 Å². The van der Waals surface area contributed by atoms with E-state index in [0.29, 0.717) is 22.1 Å². The molecule has 11 heteroatoms. The Kier molecular flexibility index (Phi) is 6.56. The molecule has 2 amide bonds. The van der Waals surface area contributed by atoms with Crippen LogP contribution in [-0.2, 0) is 21.2 Å². The van der Waals surface area contributed by atoms with Crippen molar-refractivity contribution in [1.29, 1.82) is 0 Å². The average molecular weight is 491 g/mol. The number of amides is 2. The second-order valence-electron chi connectivity index (χ2n) is 7.11. The minimum atomic E-state index is -3.80. The van der Waals surface area contributed by atoms with Crippen molar-refractivity contribution >= 4 is 49.9 Å². The van der Waals surface area contributed by atoms with Crippen molar-refractivity contribution < 1.29 is 18.0 Å². The number of carbonyl (C=O) groups excluding carboxylic acids is 2. The minimum Gasteiger partial charge on any atom is -0.354 e. The van der Waals surface area contributed by atoms with E-state index < -0.39 is 15.9 Å². The molecule has 4 rings (SSSR count). The van der Waals surface area contributed by atoms with E-state index in [9.17, 15) is 18.0 Å². The lowest BCUT2D eigenvalue weighted by Gasteiger charge is -2.25. The summed E-state index contributed by atoms with van der Waals surface area (Å²) in [6.45, 7) is 0.260. The SMILES string of the molecule is O=C1CN(S(=O)(=O)c2ccc(C(=O)Nc3ncc(Cc4cccc(Cl)c4)s3)cc2)CCN1. The van der Waals surface area contributed by atoms with Gasteiger partial charge in [0, 0.05) is 41.2 Å². The molecule has 166 valence electrons. The molecule has 0 saturated carbocycles. The Hall–Kier alpha value is -2.79. The highest BCUT2D eigenvalue weighted by Crippen LogP contribution is 2.23. The van der Waals surface area contributed by atoms with E-state index in [1.807, 2.05) is 24.3 Å². The highest BCUT2D eigenvalue weighted by Gasteiger charge is 2.29. The molecule has 1 aliphatic rings. The van der Waals surface area contributed by atoms with Crippen molar-refractivity contribution in [2.45, 2.75) is 11.3 Å². The van der Waals surface area contributed by atoms with Crippen LogP contribution in [0.5, 0.6) is 0 Å². The van der Waals surface area contributed by atoms with E-state index in [1.165, 1.54) is 35.6 Å². The van der Waals surface area contributed by atoms with E-state index >= 15 is 0 Å². The molecule has 0 unspecified atom stereocenters. The summed E-state index contributed by atoms with van der Waals surface area (Å²) in [6, 6.07) is 13.1. The Balaban J connectivity index is 1.41. The van der Waals surface area contributed by atoms with E-state index in [2.05, 4.69) is 15.6 Å². The van der Waals surface area contributed by atoms with Gasteiger partial charge in [0.15, 0.2) is 5.13 Å². The standard InChI is InChI=1S/C21H19ClN4O4S2/c22-16-3-1-2-14(10-16)11-17-12-24-21(31-17)25-20(28)15-4-6-18(7-5-15)32(29,30)26-9-8-23-19(27)13-26/h1-7,10,12H,8-9,11,13H2,(H,23,27)(H,24,25,28). The van der Waals surface area contributed by atoms with Crippen LogP contribution >= 0.6 is 22.9 Å². The number of nitrogens with one attached hydrogen (secondary N) is 2. The number of sulfonamides is 1. The molecule has 3 aromatic rings. The molecule has 0 spiro atoms. The van der Waals surface area contributed by atoms with Crippen LogP contribution in [0.15, 0.2) is 59.6 Å². The third-order valence-electron chi connectivity index (χ3n) is 4.80. The molecule has 2 N–H and O–H groups in total.